The van der Waals surface area contributed by atoms with Crippen LogP contribution >= 0.6 is 0 Å². The van der Waals surface area contributed by atoms with Crippen LogP contribution in [0.3, 0.4) is 0 Å². The Balaban J connectivity index is 3.22. The highest BCUT2D eigenvalue weighted by Crippen LogP contribution is 2.21. The average molecular weight is 265 g/mol. The van der Waals surface area contributed by atoms with Crippen molar-refractivity contribution in [2.24, 2.45) is 0 Å². The molecule has 1 N–H and O–H groups in total. The highest BCUT2D eigenvalue weighted by atomic mass is 16.5. The number of nitrogens with zero attached hydrogens (tertiary/aromatic N) is 1. The van der Waals surface area contributed by atoms with Gasteiger partial charge < -0.3 is 9.84 Å². The van der Waals surface area contributed by atoms with Gasteiger partial charge in [0.1, 0.15) is 12.6 Å². The van der Waals surface area contributed by atoms with E-state index in [-0.39, 0.29) is 12.5 Å². The van der Waals surface area contributed by atoms with Crippen molar-refractivity contribution in [3.63, 3.8) is 0 Å². The molecule has 0 bridgehead atoms. The van der Waals surface area contributed by atoms with Gasteiger partial charge in [-0.2, -0.15) is 0 Å². The van der Waals surface area contributed by atoms with Crippen LogP contribution in [-0.4, -0.2) is 36.7 Å². The Bertz CT molecular complexity index is 464. The third kappa shape index (κ3) is 3.79. The quantitative estimate of drug-likeness (QED) is 0.880. The second kappa shape index (κ2) is 6.33. The molecule has 5 nitrogen and oxygen atoms in total. The topological polar surface area (TPSA) is 66.8 Å². The smallest absolute Gasteiger partial charge is 0.326 e. The zero-order valence-electron chi connectivity index (χ0n) is 11.6. The first kappa shape index (κ1) is 15.2. The standard InChI is InChI=1S/C14H19NO4/c1-9-5-10(2)7-12(6-9)15(11(3)14(17)18)13(16)8-19-4/h5-7,11H,8H2,1-4H3,(H,17,18). The van der Waals surface area contributed by atoms with Gasteiger partial charge in [0.05, 0.1) is 0 Å². The van der Waals surface area contributed by atoms with Crippen LogP contribution in [-0.2, 0) is 14.3 Å². The van der Waals surface area contributed by atoms with Crippen molar-refractivity contribution in [1.29, 1.82) is 0 Å². The Morgan fingerprint density at radius 1 is 1.26 bits per heavy atom. The van der Waals surface area contributed by atoms with Crippen LogP contribution in [0.15, 0.2) is 18.2 Å². The van der Waals surface area contributed by atoms with Crippen molar-refractivity contribution in [2.75, 3.05) is 18.6 Å². The minimum atomic E-state index is -1.05. The average Bonchev–Trinajstić information content (AvgIpc) is 2.27. The lowest BCUT2D eigenvalue weighted by atomic mass is 10.1. The first-order valence-corrected chi connectivity index (χ1v) is 5.99. The number of carboxylic acid groups (broad SMARTS) is 1. The Hall–Kier alpha value is -1.88. The molecular formula is C14H19NO4. The van der Waals surface area contributed by atoms with E-state index in [2.05, 4.69) is 0 Å². The molecule has 0 saturated heterocycles. The first-order valence-electron chi connectivity index (χ1n) is 5.99. The summed E-state index contributed by atoms with van der Waals surface area (Å²) in [6.07, 6.45) is 0. The zero-order valence-corrected chi connectivity index (χ0v) is 11.6. The van der Waals surface area contributed by atoms with Crippen molar-refractivity contribution in [1.82, 2.24) is 0 Å². The lowest BCUT2D eigenvalue weighted by molar-refractivity contribution is -0.140. The van der Waals surface area contributed by atoms with Crippen LogP contribution in [0.2, 0.25) is 0 Å². The number of hydrogen-bond donors (Lipinski definition) is 1. The second-order valence-corrected chi connectivity index (χ2v) is 4.56. The Kier molecular flexibility index (Phi) is 5.06. The number of ether oxygens (including phenoxy) is 1. The molecular weight excluding hydrogens is 246 g/mol. The van der Waals surface area contributed by atoms with Gasteiger partial charge >= 0.3 is 5.97 Å². The molecule has 0 aliphatic carbocycles. The van der Waals surface area contributed by atoms with Gasteiger partial charge in [-0.15, -0.1) is 0 Å². The van der Waals surface area contributed by atoms with Gasteiger partial charge in [-0.1, -0.05) is 6.07 Å². The number of aliphatic carboxylic acids is 1. The molecule has 1 unspecified atom stereocenters. The Labute approximate surface area is 112 Å². The summed E-state index contributed by atoms with van der Waals surface area (Å²) in [6, 6.07) is 4.61. The van der Waals surface area contributed by atoms with E-state index in [0.717, 1.165) is 11.1 Å². The third-order valence-electron chi connectivity index (χ3n) is 2.77. The summed E-state index contributed by atoms with van der Waals surface area (Å²) in [5.41, 5.74) is 2.53. The van der Waals surface area contributed by atoms with Gasteiger partial charge in [0.2, 0.25) is 0 Å². The highest BCUT2D eigenvalue weighted by Gasteiger charge is 2.27. The number of aryl methyl sites for hydroxylation is 2. The fourth-order valence-corrected chi connectivity index (χ4v) is 1.98. The highest BCUT2D eigenvalue weighted by molar-refractivity contribution is 5.99. The fourth-order valence-electron chi connectivity index (χ4n) is 1.98. The van der Waals surface area contributed by atoms with E-state index < -0.39 is 12.0 Å². The number of carbonyl (C=O) groups is 2. The predicted octanol–water partition coefficient (Wildman–Crippen LogP) is 1.76. The van der Waals surface area contributed by atoms with Gasteiger partial charge in [0, 0.05) is 12.8 Å². The molecule has 104 valence electrons. The summed E-state index contributed by atoms with van der Waals surface area (Å²) in [7, 11) is 1.41. The fraction of sp³-hybridized carbons (Fsp3) is 0.429. The van der Waals surface area contributed by atoms with E-state index >= 15 is 0 Å². The largest absolute Gasteiger partial charge is 0.480 e. The van der Waals surface area contributed by atoms with Crippen molar-refractivity contribution in [3.05, 3.63) is 29.3 Å². The van der Waals surface area contributed by atoms with E-state index in [9.17, 15) is 9.59 Å². The number of hydrogen-bond acceptors (Lipinski definition) is 3. The van der Waals surface area contributed by atoms with E-state index in [1.165, 1.54) is 18.9 Å². The van der Waals surface area contributed by atoms with E-state index in [1.807, 2.05) is 19.9 Å². The van der Waals surface area contributed by atoms with Crippen LogP contribution in [0.5, 0.6) is 0 Å². The van der Waals surface area contributed by atoms with E-state index in [0.29, 0.717) is 5.69 Å². The van der Waals surface area contributed by atoms with Gasteiger partial charge in [-0.25, -0.2) is 4.79 Å². The molecule has 1 aromatic carbocycles. The monoisotopic (exact) mass is 265 g/mol. The number of carboxylic acids is 1. The van der Waals surface area contributed by atoms with Crippen molar-refractivity contribution >= 4 is 17.6 Å². The van der Waals surface area contributed by atoms with Crippen LogP contribution in [0, 0.1) is 13.8 Å². The van der Waals surface area contributed by atoms with Gasteiger partial charge in [0.25, 0.3) is 5.91 Å². The Morgan fingerprint density at radius 3 is 2.21 bits per heavy atom. The first-order chi connectivity index (χ1) is 8.86. The molecule has 1 rings (SSSR count). The van der Waals surface area contributed by atoms with Crippen molar-refractivity contribution < 1.29 is 19.4 Å². The van der Waals surface area contributed by atoms with Crippen molar-refractivity contribution in [2.45, 2.75) is 26.8 Å². The van der Waals surface area contributed by atoms with Gasteiger partial charge in [-0.05, 0) is 44.0 Å². The number of benzene rings is 1. The Morgan fingerprint density at radius 2 is 1.79 bits per heavy atom. The predicted molar refractivity (Wildman–Crippen MR) is 72.4 cm³/mol. The molecule has 1 aromatic rings. The maximum Gasteiger partial charge on any atom is 0.326 e. The molecule has 0 radical (unpaired) electrons. The lowest BCUT2D eigenvalue weighted by Gasteiger charge is -2.27. The number of rotatable bonds is 5. The summed E-state index contributed by atoms with van der Waals surface area (Å²) in [6.45, 7) is 5.14. The van der Waals surface area contributed by atoms with Gasteiger partial charge in [0.15, 0.2) is 0 Å². The van der Waals surface area contributed by atoms with Gasteiger partial charge in [-0.3, -0.25) is 9.69 Å². The molecule has 1 atom stereocenters. The number of methoxy groups -OCH3 is 1. The van der Waals surface area contributed by atoms with Crippen LogP contribution in [0.1, 0.15) is 18.1 Å². The van der Waals surface area contributed by atoms with Crippen LogP contribution in [0.25, 0.3) is 0 Å². The maximum atomic E-state index is 12.0. The molecule has 0 saturated carbocycles. The molecule has 0 heterocycles. The maximum absolute atomic E-state index is 12.0. The zero-order chi connectivity index (χ0) is 14.6. The normalized spacial score (nSPS) is 12.0. The molecule has 0 aromatic heterocycles. The summed E-state index contributed by atoms with van der Waals surface area (Å²) >= 11 is 0. The minimum Gasteiger partial charge on any atom is -0.480 e. The number of anilines is 1. The summed E-state index contributed by atoms with van der Waals surface area (Å²) in [4.78, 5) is 24.5. The summed E-state index contributed by atoms with van der Waals surface area (Å²) < 4.78 is 4.81. The van der Waals surface area contributed by atoms with Crippen molar-refractivity contribution in [3.8, 4) is 0 Å². The third-order valence-corrected chi connectivity index (χ3v) is 2.77. The minimum absolute atomic E-state index is 0.148. The summed E-state index contributed by atoms with van der Waals surface area (Å²) in [5.74, 6) is -1.42. The second-order valence-electron chi connectivity index (χ2n) is 4.56. The molecule has 5 heteroatoms. The molecule has 0 fully saturated rings. The molecule has 19 heavy (non-hydrogen) atoms. The molecule has 0 aliphatic rings. The van der Waals surface area contributed by atoms with E-state index in [4.69, 9.17) is 9.84 Å². The molecule has 0 spiro atoms. The molecule has 1 amide bonds. The number of carbonyl (C=O) groups excluding carboxylic acids is 1. The molecule has 0 aliphatic heterocycles. The number of amides is 1. The SMILES string of the molecule is COCC(=O)N(c1cc(C)cc(C)c1)C(C)C(=O)O. The lowest BCUT2D eigenvalue weighted by Crippen LogP contribution is -2.45. The van der Waals surface area contributed by atoms with Crippen LogP contribution < -0.4 is 4.90 Å². The van der Waals surface area contributed by atoms with E-state index in [1.54, 1.807) is 12.1 Å². The van der Waals surface area contributed by atoms with Crippen LogP contribution in [0.4, 0.5) is 5.69 Å². The summed E-state index contributed by atoms with van der Waals surface area (Å²) in [5, 5.41) is 9.13.